The molecule has 1 aliphatic heterocycles. The molecule has 0 fully saturated rings. The van der Waals surface area contributed by atoms with Crippen LogP contribution in [0.2, 0.25) is 0 Å². The van der Waals surface area contributed by atoms with Crippen LogP contribution in [0.15, 0.2) is 48.5 Å². The van der Waals surface area contributed by atoms with E-state index in [1.807, 2.05) is 49.4 Å². The highest BCUT2D eigenvalue weighted by molar-refractivity contribution is 5.99. The lowest BCUT2D eigenvalue weighted by molar-refractivity contribution is -0.137. The Morgan fingerprint density at radius 2 is 1.76 bits per heavy atom. The Kier molecular flexibility index (Phi) is 4.98. The molecule has 0 atom stereocenters. The van der Waals surface area contributed by atoms with E-state index < -0.39 is 5.97 Å². The highest BCUT2D eigenvalue weighted by atomic mass is 16.4. The molecule has 4 nitrogen and oxygen atoms in total. The summed E-state index contributed by atoms with van der Waals surface area (Å²) in [7, 11) is 0. The average Bonchev–Trinajstić information content (AvgIpc) is 2.59. The van der Waals surface area contributed by atoms with Crippen molar-refractivity contribution in [3.63, 3.8) is 0 Å². The van der Waals surface area contributed by atoms with Crippen LogP contribution in [0.4, 0.5) is 5.69 Å². The van der Waals surface area contributed by atoms with E-state index >= 15 is 0 Å². The van der Waals surface area contributed by atoms with Crippen LogP contribution in [0.5, 0.6) is 0 Å². The minimum Gasteiger partial charge on any atom is -0.481 e. The summed E-state index contributed by atoms with van der Waals surface area (Å²) in [5, 5.41) is 8.81. The lowest BCUT2D eigenvalue weighted by Crippen LogP contribution is -2.31. The molecular weight excluding hydrogens is 314 g/mol. The minimum atomic E-state index is -0.870. The summed E-state index contributed by atoms with van der Waals surface area (Å²) >= 11 is 0. The zero-order valence-electron chi connectivity index (χ0n) is 14.2. The first kappa shape index (κ1) is 17.0. The lowest BCUT2D eigenvalue weighted by atomic mass is 9.96. The minimum absolute atomic E-state index is 0.0107. The molecule has 128 valence electrons. The van der Waals surface area contributed by atoms with Crippen LogP contribution in [0, 0.1) is 0 Å². The van der Waals surface area contributed by atoms with Crippen molar-refractivity contribution in [2.45, 2.75) is 32.7 Å². The van der Waals surface area contributed by atoms with E-state index in [0.29, 0.717) is 13.0 Å². The summed E-state index contributed by atoms with van der Waals surface area (Å²) in [4.78, 5) is 25.4. The second-order valence-corrected chi connectivity index (χ2v) is 6.27. The van der Waals surface area contributed by atoms with Crippen molar-refractivity contribution in [3.05, 3.63) is 65.2 Å². The Hall–Kier alpha value is -2.88. The number of carbonyl (C=O) groups is 2. The number of carbonyl (C=O) groups excluding carboxylic acids is 1. The number of anilines is 1. The topological polar surface area (TPSA) is 57.6 Å². The summed E-state index contributed by atoms with van der Waals surface area (Å²) in [5.74, 6) is -0.914. The molecule has 0 bridgehead atoms. The van der Waals surface area contributed by atoms with Gasteiger partial charge in [-0.05, 0) is 36.1 Å². The third-order valence-electron chi connectivity index (χ3n) is 4.46. The number of carboxylic acids is 1. The van der Waals surface area contributed by atoms with Crippen molar-refractivity contribution < 1.29 is 14.7 Å². The molecule has 1 heterocycles. The molecule has 1 N–H and O–H groups in total. The smallest absolute Gasteiger partial charge is 0.303 e. The fraction of sp³-hybridized carbons (Fsp3) is 0.238. The molecule has 0 spiro atoms. The number of hydrogen-bond donors (Lipinski definition) is 1. The Balaban J connectivity index is 2.00. The Morgan fingerprint density at radius 3 is 2.56 bits per heavy atom. The number of fused-ring (bicyclic) bond motifs is 2. The standard InChI is InChI=1S/C21H21NO3/c1-15-13-16-7-2-3-8-17(16)14-22(19-10-5-4-9-18(15)19)20(23)11-6-12-21(24)25/h2-5,7-10,13H,6,11-12,14H2,1H3,(H,24,25)/b15-13-. The molecule has 0 aliphatic carbocycles. The molecule has 0 radical (unpaired) electrons. The number of benzene rings is 2. The van der Waals surface area contributed by atoms with Crippen molar-refractivity contribution in [3.8, 4) is 0 Å². The predicted molar refractivity (Wildman–Crippen MR) is 99.1 cm³/mol. The number of aliphatic carboxylic acids is 1. The number of allylic oxidation sites excluding steroid dienone is 1. The van der Waals surface area contributed by atoms with Gasteiger partial charge in [0.1, 0.15) is 0 Å². The molecule has 0 saturated heterocycles. The van der Waals surface area contributed by atoms with E-state index in [1.165, 1.54) is 0 Å². The third kappa shape index (κ3) is 3.79. The molecule has 2 aromatic carbocycles. The van der Waals surface area contributed by atoms with Crippen LogP contribution >= 0.6 is 0 Å². The molecule has 1 amide bonds. The van der Waals surface area contributed by atoms with Gasteiger partial charge < -0.3 is 10.0 Å². The van der Waals surface area contributed by atoms with E-state index in [4.69, 9.17) is 5.11 Å². The fourth-order valence-corrected chi connectivity index (χ4v) is 3.18. The molecule has 4 heteroatoms. The van der Waals surface area contributed by atoms with Crippen LogP contribution in [0.25, 0.3) is 11.6 Å². The summed E-state index contributed by atoms with van der Waals surface area (Å²) in [6, 6.07) is 15.9. The number of carboxylic acid groups (broad SMARTS) is 1. The van der Waals surface area contributed by atoms with Crippen molar-refractivity contribution >= 4 is 29.2 Å². The Labute approximate surface area is 147 Å². The van der Waals surface area contributed by atoms with Crippen LogP contribution in [-0.2, 0) is 16.1 Å². The first-order chi connectivity index (χ1) is 12.1. The van der Waals surface area contributed by atoms with Gasteiger partial charge >= 0.3 is 5.97 Å². The van der Waals surface area contributed by atoms with E-state index in [2.05, 4.69) is 12.1 Å². The number of amides is 1. The van der Waals surface area contributed by atoms with Gasteiger partial charge in [0.05, 0.1) is 12.2 Å². The third-order valence-corrected chi connectivity index (χ3v) is 4.46. The highest BCUT2D eigenvalue weighted by Crippen LogP contribution is 2.33. The normalized spacial score (nSPS) is 15.2. The number of rotatable bonds is 4. The first-order valence-electron chi connectivity index (χ1n) is 8.44. The quantitative estimate of drug-likeness (QED) is 0.904. The molecule has 0 unspecified atom stereocenters. The summed E-state index contributed by atoms with van der Waals surface area (Å²) in [5.41, 5.74) is 5.21. The number of hydrogen-bond acceptors (Lipinski definition) is 2. The molecule has 25 heavy (non-hydrogen) atoms. The molecular formula is C21H21NO3. The van der Waals surface area contributed by atoms with Gasteiger partial charge in [0.2, 0.25) is 5.91 Å². The largest absolute Gasteiger partial charge is 0.481 e. The van der Waals surface area contributed by atoms with E-state index in [1.54, 1.807) is 4.90 Å². The summed E-state index contributed by atoms with van der Waals surface area (Å²) in [6.45, 7) is 2.54. The maximum Gasteiger partial charge on any atom is 0.303 e. The summed E-state index contributed by atoms with van der Waals surface area (Å²) < 4.78 is 0. The van der Waals surface area contributed by atoms with Gasteiger partial charge in [-0.15, -0.1) is 0 Å². The molecule has 2 aromatic rings. The van der Waals surface area contributed by atoms with Crippen LogP contribution in [0.1, 0.15) is 42.9 Å². The second kappa shape index (κ2) is 7.34. The molecule has 0 aromatic heterocycles. The van der Waals surface area contributed by atoms with E-state index in [-0.39, 0.29) is 18.7 Å². The van der Waals surface area contributed by atoms with Crippen molar-refractivity contribution in [1.29, 1.82) is 0 Å². The van der Waals surface area contributed by atoms with Crippen molar-refractivity contribution in [2.24, 2.45) is 0 Å². The van der Waals surface area contributed by atoms with Gasteiger partial charge in [-0.3, -0.25) is 9.59 Å². The maximum atomic E-state index is 12.8. The SMILES string of the molecule is C/C1=C/c2ccccc2CN(C(=O)CCCC(=O)O)c2ccccc21. The lowest BCUT2D eigenvalue weighted by Gasteiger charge is -2.28. The van der Waals surface area contributed by atoms with Gasteiger partial charge in [0.25, 0.3) is 0 Å². The zero-order valence-corrected chi connectivity index (χ0v) is 14.2. The first-order valence-corrected chi connectivity index (χ1v) is 8.44. The Morgan fingerprint density at radius 1 is 1.04 bits per heavy atom. The van der Waals surface area contributed by atoms with Crippen molar-refractivity contribution in [2.75, 3.05) is 4.90 Å². The van der Waals surface area contributed by atoms with Gasteiger partial charge in [0.15, 0.2) is 0 Å². The monoisotopic (exact) mass is 335 g/mol. The molecule has 0 saturated carbocycles. The van der Waals surface area contributed by atoms with Crippen molar-refractivity contribution in [1.82, 2.24) is 0 Å². The van der Waals surface area contributed by atoms with Gasteiger partial charge in [-0.1, -0.05) is 48.5 Å². The van der Waals surface area contributed by atoms with E-state index in [0.717, 1.165) is 28.0 Å². The molecule has 3 rings (SSSR count). The Bertz CT molecular complexity index is 839. The predicted octanol–water partition coefficient (Wildman–Crippen LogP) is 4.35. The van der Waals surface area contributed by atoms with Crippen LogP contribution in [0.3, 0.4) is 0 Å². The van der Waals surface area contributed by atoms with Gasteiger partial charge in [-0.2, -0.15) is 0 Å². The van der Waals surface area contributed by atoms with Gasteiger partial charge in [0, 0.05) is 18.4 Å². The fourth-order valence-electron chi connectivity index (χ4n) is 3.18. The van der Waals surface area contributed by atoms with E-state index in [9.17, 15) is 9.59 Å². The highest BCUT2D eigenvalue weighted by Gasteiger charge is 2.22. The number of para-hydroxylation sites is 1. The second-order valence-electron chi connectivity index (χ2n) is 6.27. The molecule has 1 aliphatic rings. The maximum absolute atomic E-state index is 12.8. The van der Waals surface area contributed by atoms with Gasteiger partial charge in [-0.25, -0.2) is 0 Å². The summed E-state index contributed by atoms with van der Waals surface area (Å²) in [6.07, 6.45) is 2.74. The van der Waals surface area contributed by atoms with Crippen LogP contribution in [-0.4, -0.2) is 17.0 Å². The average molecular weight is 335 g/mol. The van der Waals surface area contributed by atoms with Crippen LogP contribution < -0.4 is 4.90 Å². The number of nitrogens with zero attached hydrogens (tertiary/aromatic N) is 1. The zero-order chi connectivity index (χ0) is 17.8.